The number of carbonyl (C=O) groups excluding carboxylic acids is 1. The molecule has 25 heavy (non-hydrogen) atoms. The molecule has 2 aromatic carbocycles. The molecule has 5 heteroatoms. The zero-order chi connectivity index (χ0) is 17.2. The lowest BCUT2D eigenvalue weighted by Crippen LogP contribution is -2.32. The smallest absolute Gasteiger partial charge is 0.265 e. The quantitative estimate of drug-likeness (QED) is 0.801. The molecule has 1 aliphatic carbocycles. The Morgan fingerprint density at radius 2 is 1.76 bits per heavy atom. The van der Waals surface area contributed by atoms with Crippen LogP contribution < -0.4 is 10.9 Å². The van der Waals surface area contributed by atoms with Crippen LogP contribution in [0, 0.1) is 0 Å². The molecule has 0 radical (unpaired) electrons. The van der Waals surface area contributed by atoms with Crippen molar-refractivity contribution in [2.45, 2.75) is 31.7 Å². The molecular formula is C20H19N3O2. The Balaban J connectivity index is 1.61. The summed E-state index contributed by atoms with van der Waals surface area (Å²) in [6.45, 7) is 0. The van der Waals surface area contributed by atoms with Gasteiger partial charge in [-0.05, 0) is 49.2 Å². The third-order valence-corrected chi connectivity index (χ3v) is 4.76. The largest absolute Gasteiger partial charge is 0.349 e. The lowest BCUT2D eigenvalue weighted by Gasteiger charge is -2.12. The fourth-order valence-corrected chi connectivity index (χ4v) is 3.37. The van der Waals surface area contributed by atoms with E-state index >= 15 is 0 Å². The second-order valence-corrected chi connectivity index (χ2v) is 6.44. The van der Waals surface area contributed by atoms with Crippen molar-refractivity contribution in [1.82, 2.24) is 14.9 Å². The van der Waals surface area contributed by atoms with Crippen molar-refractivity contribution in [2.75, 3.05) is 0 Å². The summed E-state index contributed by atoms with van der Waals surface area (Å²) in [6.07, 6.45) is 6.01. The third kappa shape index (κ3) is 3.05. The number of amides is 1. The van der Waals surface area contributed by atoms with Crippen LogP contribution in [-0.2, 0) is 0 Å². The number of para-hydroxylation sites is 1. The second-order valence-electron chi connectivity index (χ2n) is 6.44. The molecule has 5 nitrogen and oxygen atoms in total. The van der Waals surface area contributed by atoms with E-state index in [1.54, 1.807) is 30.3 Å². The Labute approximate surface area is 145 Å². The highest BCUT2D eigenvalue weighted by Gasteiger charge is 2.18. The van der Waals surface area contributed by atoms with Crippen molar-refractivity contribution < 1.29 is 4.79 Å². The summed E-state index contributed by atoms with van der Waals surface area (Å²) in [5, 5.41) is 3.65. The van der Waals surface area contributed by atoms with Gasteiger partial charge in [-0.1, -0.05) is 25.0 Å². The third-order valence-electron chi connectivity index (χ3n) is 4.76. The van der Waals surface area contributed by atoms with Crippen molar-refractivity contribution in [3.63, 3.8) is 0 Å². The van der Waals surface area contributed by atoms with E-state index in [1.165, 1.54) is 23.7 Å². The van der Waals surface area contributed by atoms with Crippen LogP contribution in [0.15, 0.2) is 59.7 Å². The molecule has 1 aliphatic rings. The maximum absolute atomic E-state index is 12.6. The topological polar surface area (TPSA) is 64.0 Å². The van der Waals surface area contributed by atoms with Crippen LogP contribution >= 0.6 is 0 Å². The molecular weight excluding hydrogens is 314 g/mol. The Kier molecular flexibility index (Phi) is 4.06. The van der Waals surface area contributed by atoms with Crippen LogP contribution in [0.4, 0.5) is 0 Å². The summed E-state index contributed by atoms with van der Waals surface area (Å²) in [5.41, 5.74) is 1.86. The predicted molar refractivity (Wildman–Crippen MR) is 97.1 cm³/mol. The summed E-state index contributed by atoms with van der Waals surface area (Å²) < 4.78 is 1.50. The van der Waals surface area contributed by atoms with Gasteiger partial charge in [0.1, 0.15) is 6.33 Å². The number of hydrogen-bond acceptors (Lipinski definition) is 3. The molecule has 1 fully saturated rings. The Hall–Kier alpha value is -2.95. The van der Waals surface area contributed by atoms with Gasteiger partial charge in [0.2, 0.25) is 0 Å². The van der Waals surface area contributed by atoms with E-state index in [0.29, 0.717) is 28.2 Å². The highest BCUT2D eigenvalue weighted by Crippen LogP contribution is 2.18. The number of hydrogen-bond donors (Lipinski definition) is 1. The summed E-state index contributed by atoms with van der Waals surface area (Å²) in [5.74, 6) is -0.0533. The zero-order valence-corrected chi connectivity index (χ0v) is 13.8. The number of carbonyl (C=O) groups is 1. The van der Waals surface area contributed by atoms with Gasteiger partial charge in [-0.3, -0.25) is 14.2 Å². The maximum Gasteiger partial charge on any atom is 0.265 e. The minimum Gasteiger partial charge on any atom is -0.349 e. The summed E-state index contributed by atoms with van der Waals surface area (Å²) in [6, 6.07) is 14.6. The molecule has 126 valence electrons. The molecule has 1 saturated carbocycles. The van der Waals surface area contributed by atoms with E-state index in [2.05, 4.69) is 10.3 Å². The highest BCUT2D eigenvalue weighted by molar-refractivity contribution is 5.94. The van der Waals surface area contributed by atoms with Crippen molar-refractivity contribution >= 4 is 16.8 Å². The number of benzene rings is 2. The molecule has 0 aliphatic heterocycles. The normalized spacial score (nSPS) is 14.7. The Morgan fingerprint density at radius 3 is 2.52 bits per heavy atom. The van der Waals surface area contributed by atoms with E-state index in [1.807, 2.05) is 18.2 Å². The van der Waals surface area contributed by atoms with E-state index in [-0.39, 0.29) is 11.5 Å². The van der Waals surface area contributed by atoms with Crippen molar-refractivity contribution in [2.24, 2.45) is 0 Å². The molecule has 4 rings (SSSR count). The van der Waals surface area contributed by atoms with E-state index in [9.17, 15) is 9.59 Å². The van der Waals surface area contributed by atoms with Gasteiger partial charge < -0.3 is 5.32 Å². The minimum absolute atomic E-state index is 0.0533. The SMILES string of the molecule is O=C(NC1CCCC1)c1ccc(-n2cnc3ccccc3c2=O)cc1. The van der Waals surface area contributed by atoms with Crippen LogP contribution in [0.1, 0.15) is 36.0 Å². The molecule has 1 amide bonds. The number of rotatable bonds is 3. The summed E-state index contributed by atoms with van der Waals surface area (Å²) in [4.78, 5) is 29.2. The number of aromatic nitrogens is 2. The monoisotopic (exact) mass is 333 g/mol. The number of nitrogens with one attached hydrogen (secondary N) is 1. The van der Waals surface area contributed by atoms with E-state index in [4.69, 9.17) is 0 Å². The molecule has 0 unspecified atom stereocenters. The first-order valence-electron chi connectivity index (χ1n) is 8.60. The van der Waals surface area contributed by atoms with Crippen molar-refractivity contribution in [3.05, 3.63) is 70.8 Å². The van der Waals surface area contributed by atoms with E-state index < -0.39 is 0 Å². The average molecular weight is 333 g/mol. The minimum atomic E-state index is -0.117. The molecule has 0 bridgehead atoms. The molecule has 0 saturated heterocycles. The van der Waals surface area contributed by atoms with Crippen LogP contribution in [0.25, 0.3) is 16.6 Å². The number of fused-ring (bicyclic) bond motifs is 1. The maximum atomic E-state index is 12.6. The van der Waals surface area contributed by atoms with Crippen LogP contribution in [-0.4, -0.2) is 21.5 Å². The van der Waals surface area contributed by atoms with E-state index in [0.717, 1.165) is 12.8 Å². The molecule has 1 heterocycles. The Bertz CT molecular complexity index is 970. The lowest BCUT2D eigenvalue weighted by atomic mass is 10.1. The van der Waals surface area contributed by atoms with Crippen LogP contribution in [0.2, 0.25) is 0 Å². The first-order valence-corrected chi connectivity index (χ1v) is 8.60. The average Bonchev–Trinajstić information content (AvgIpc) is 3.15. The predicted octanol–water partition coefficient (Wildman–Crippen LogP) is 3.06. The molecule has 1 N–H and O–H groups in total. The summed E-state index contributed by atoms with van der Waals surface area (Å²) in [7, 11) is 0. The molecule has 0 spiro atoms. The van der Waals surface area contributed by atoms with Crippen LogP contribution in [0.3, 0.4) is 0 Å². The summed E-state index contributed by atoms with van der Waals surface area (Å²) >= 11 is 0. The van der Waals surface area contributed by atoms with Gasteiger partial charge in [0, 0.05) is 11.6 Å². The van der Waals surface area contributed by atoms with Crippen molar-refractivity contribution in [1.29, 1.82) is 0 Å². The number of nitrogens with zero attached hydrogens (tertiary/aromatic N) is 2. The first-order chi connectivity index (χ1) is 12.2. The van der Waals surface area contributed by atoms with Crippen molar-refractivity contribution in [3.8, 4) is 5.69 Å². The Morgan fingerprint density at radius 1 is 1.04 bits per heavy atom. The second kappa shape index (κ2) is 6.51. The fraction of sp³-hybridized carbons (Fsp3) is 0.250. The molecule has 0 atom stereocenters. The van der Waals surface area contributed by atoms with Gasteiger partial charge in [-0.25, -0.2) is 4.98 Å². The van der Waals surface area contributed by atoms with Gasteiger partial charge >= 0.3 is 0 Å². The standard InChI is InChI=1S/C20H19N3O2/c24-19(22-15-5-1-2-6-15)14-9-11-16(12-10-14)23-13-21-18-8-4-3-7-17(18)20(23)25/h3-4,7-13,15H,1-2,5-6H2,(H,22,24). The zero-order valence-electron chi connectivity index (χ0n) is 13.8. The highest BCUT2D eigenvalue weighted by atomic mass is 16.1. The van der Waals surface area contributed by atoms with Gasteiger partial charge in [-0.15, -0.1) is 0 Å². The van der Waals surface area contributed by atoms with Gasteiger partial charge in [0.05, 0.1) is 16.6 Å². The molecule has 1 aromatic heterocycles. The van der Waals surface area contributed by atoms with Gasteiger partial charge in [-0.2, -0.15) is 0 Å². The fourth-order valence-electron chi connectivity index (χ4n) is 3.37. The lowest BCUT2D eigenvalue weighted by molar-refractivity contribution is 0.0938. The van der Waals surface area contributed by atoms with Gasteiger partial charge in [0.25, 0.3) is 11.5 Å². The van der Waals surface area contributed by atoms with Crippen LogP contribution in [0.5, 0.6) is 0 Å². The molecule has 3 aromatic rings. The van der Waals surface area contributed by atoms with Gasteiger partial charge in [0.15, 0.2) is 0 Å². The first kappa shape index (κ1) is 15.6.